The zero-order chi connectivity index (χ0) is 24.3. The van der Waals surface area contributed by atoms with Gasteiger partial charge in [-0.1, -0.05) is 19.1 Å². The SMILES string of the molecule is CC(=O)N1CCC(c2cncc(N3CCCC(COc4ccccc4C(F)(F)F)C3)n2)C(C)C1. The standard InChI is InChI=1S/C25H31F3N4O2/c1-17-14-31(18(2)33)11-9-20(17)22-12-29-13-24(30-22)32-10-5-6-19(15-32)16-34-23-8-4-3-7-21(23)25(26,27)28/h3-4,7-8,12-13,17,19-20H,5-6,9-11,14-16H2,1-2H3. The van der Waals surface area contributed by atoms with Crippen LogP contribution in [0.5, 0.6) is 5.75 Å². The number of nitrogens with zero attached hydrogens (tertiary/aromatic N) is 4. The second kappa shape index (κ2) is 10.2. The van der Waals surface area contributed by atoms with E-state index in [0.717, 1.165) is 49.9 Å². The summed E-state index contributed by atoms with van der Waals surface area (Å²) in [7, 11) is 0. The fourth-order valence-corrected chi connectivity index (χ4v) is 5.02. The smallest absolute Gasteiger partial charge is 0.419 e. The van der Waals surface area contributed by atoms with E-state index in [1.165, 1.54) is 12.1 Å². The van der Waals surface area contributed by atoms with E-state index in [0.29, 0.717) is 19.0 Å². The first-order valence-electron chi connectivity index (χ1n) is 11.8. The lowest BCUT2D eigenvalue weighted by atomic mass is 9.84. The van der Waals surface area contributed by atoms with Crippen LogP contribution in [0.2, 0.25) is 0 Å². The number of alkyl halides is 3. The molecule has 0 spiro atoms. The zero-order valence-electron chi connectivity index (χ0n) is 19.6. The number of carbonyl (C=O) groups excluding carboxylic acids is 1. The first kappa shape index (κ1) is 24.3. The van der Waals surface area contributed by atoms with Crippen molar-refractivity contribution >= 4 is 11.7 Å². The van der Waals surface area contributed by atoms with Crippen LogP contribution in [0.15, 0.2) is 36.7 Å². The van der Waals surface area contributed by atoms with Crippen LogP contribution in [0, 0.1) is 11.8 Å². The van der Waals surface area contributed by atoms with Crippen molar-refractivity contribution in [2.24, 2.45) is 11.8 Å². The molecule has 34 heavy (non-hydrogen) atoms. The van der Waals surface area contributed by atoms with Crippen molar-refractivity contribution in [3.8, 4) is 5.75 Å². The molecule has 1 aromatic carbocycles. The monoisotopic (exact) mass is 476 g/mol. The number of anilines is 1. The maximum Gasteiger partial charge on any atom is 0.419 e. The summed E-state index contributed by atoms with van der Waals surface area (Å²) < 4.78 is 45.4. The van der Waals surface area contributed by atoms with Crippen LogP contribution in [0.25, 0.3) is 0 Å². The average molecular weight is 477 g/mol. The van der Waals surface area contributed by atoms with E-state index in [9.17, 15) is 18.0 Å². The van der Waals surface area contributed by atoms with Crippen LogP contribution >= 0.6 is 0 Å². The van der Waals surface area contributed by atoms with E-state index in [1.54, 1.807) is 19.2 Å². The summed E-state index contributed by atoms with van der Waals surface area (Å²) in [6.07, 6.45) is 1.78. The fourth-order valence-electron chi connectivity index (χ4n) is 5.02. The van der Waals surface area contributed by atoms with Crippen molar-refractivity contribution in [2.75, 3.05) is 37.7 Å². The maximum atomic E-state index is 13.3. The van der Waals surface area contributed by atoms with Crippen molar-refractivity contribution < 1.29 is 22.7 Å². The van der Waals surface area contributed by atoms with Gasteiger partial charge in [0.05, 0.1) is 24.1 Å². The van der Waals surface area contributed by atoms with Gasteiger partial charge in [0.25, 0.3) is 0 Å². The van der Waals surface area contributed by atoms with Crippen molar-refractivity contribution in [3.63, 3.8) is 0 Å². The second-order valence-electron chi connectivity index (χ2n) is 9.40. The molecule has 0 N–H and O–H groups in total. The summed E-state index contributed by atoms with van der Waals surface area (Å²) in [5.74, 6) is 1.39. The highest BCUT2D eigenvalue weighted by Gasteiger charge is 2.34. The summed E-state index contributed by atoms with van der Waals surface area (Å²) in [5, 5.41) is 0. The van der Waals surface area contributed by atoms with E-state index in [2.05, 4.69) is 16.8 Å². The van der Waals surface area contributed by atoms with Gasteiger partial charge in [-0.2, -0.15) is 13.2 Å². The van der Waals surface area contributed by atoms with Gasteiger partial charge in [-0.05, 0) is 37.3 Å². The molecule has 2 fully saturated rings. The van der Waals surface area contributed by atoms with E-state index >= 15 is 0 Å². The number of aromatic nitrogens is 2. The largest absolute Gasteiger partial charge is 0.493 e. The summed E-state index contributed by atoms with van der Waals surface area (Å²) >= 11 is 0. The first-order chi connectivity index (χ1) is 16.2. The molecule has 6 nitrogen and oxygen atoms in total. The molecule has 2 aliphatic rings. The van der Waals surface area contributed by atoms with Crippen LogP contribution in [0.4, 0.5) is 19.0 Å². The predicted molar refractivity (Wildman–Crippen MR) is 123 cm³/mol. The highest BCUT2D eigenvalue weighted by Crippen LogP contribution is 2.36. The summed E-state index contributed by atoms with van der Waals surface area (Å²) in [4.78, 5) is 25.1. The summed E-state index contributed by atoms with van der Waals surface area (Å²) in [6.45, 7) is 6.88. The molecule has 3 unspecified atom stereocenters. The van der Waals surface area contributed by atoms with Gasteiger partial charge in [-0.25, -0.2) is 4.98 Å². The van der Waals surface area contributed by atoms with Crippen LogP contribution in [0.3, 0.4) is 0 Å². The zero-order valence-corrected chi connectivity index (χ0v) is 19.6. The number of piperidine rings is 2. The number of carbonyl (C=O) groups is 1. The van der Waals surface area contributed by atoms with Crippen molar-refractivity contribution in [3.05, 3.63) is 47.9 Å². The molecule has 2 saturated heterocycles. The Hall–Kier alpha value is -2.84. The van der Waals surface area contributed by atoms with Gasteiger partial charge in [0.2, 0.25) is 5.91 Å². The highest BCUT2D eigenvalue weighted by atomic mass is 19.4. The molecule has 9 heteroatoms. The first-order valence-corrected chi connectivity index (χ1v) is 11.8. The number of hydrogen-bond donors (Lipinski definition) is 0. The van der Waals surface area contributed by atoms with Gasteiger partial charge in [0.1, 0.15) is 11.6 Å². The molecule has 184 valence electrons. The molecule has 4 rings (SSSR count). The third-order valence-electron chi connectivity index (χ3n) is 6.88. The fraction of sp³-hybridized carbons (Fsp3) is 0.560. The normalized spacial score (nSPS) is 23.6. The minimum absolute atomic E-state index is 0.0956. The third-order valence-corrected chi connectivity index (χ3v) is 6.88. The van der Waals surface area contributed by atoms with Crippen LogP contribution in [-0.2, 0) is 11.0 Å². The summed E-state index contributed by atoms with van der Waals surface area (Å²) in [6, 6.07) is 5.34. The average Bonchev–Trinajstić information content (AvgIpc) is 2.82. The maximum absolute atomic E-state index is 13.3. The van der Waals surface area contributed by atoms with Gasteiger partial charge >= 0.3 is 6.18 Å². The van der Waals surface area contributed by atoms with Gasteiger partial charge in [-0.3, -0.25) is 9.78 Å². The topological polar surface area (TPSA) is 58.6 Å². The number of para-hydroxylation sites is 1. The van der Waals surface area contributed by atoms with E-state index in [4.69, 9.17) is 9.72 Å². The van der Waals surface area contributed by atoms with Crippen molar-refractivity contribution in [1.82, 2.24) is 14.9 Å². The molecule has 1 aromatic heterocycles. The molecule has 3 heterocycles. The number of likely N-dealkylation sites (tertiary alicyclic amines) is 1. The van der Waals surface area contributed by atoms with Crippen LogP contribution in [-0.4, -0.2) is 53.6 Å². The lowest BCUT2D eigenvalue weighted by Gasteiger charge is -2.37. The molecule has 2 aliphatic heterocycles. The molecule has 0 bridgehead atoms. The number of rotatable bonds is 5. The van der Waals surface area contributed by atoms with E-state index < -0.39 is 11.7 Å². The molecular formula is C25H31F3N4O2. The molecule has 3 atom stereocenters. The van der Waals surface area contributed by atoms with E-state index in [1.807, 2.05) is 11.1 Å². The molecule has 0 radical (unpaired) electrons. The third kappa shape index (κ3) is 5.62. The Morgan fingerprint density at radius 3 is 2.68 bits per heavy atom. The van der Waals surface area contributed by atoms with E-state index in [-0.39, 0.29) is 30.1 Å². The molecule has 0 saturated carbocycles. The molecule has 2 aromatic rings. The number of benzene rings is 1. The quantitative estimate of drug-likeness (QED) is 0.623. The van der Waals surface area contributed by atoms with Gasteiger partial charge in [-0.15, -0.1) is 0 Å². The number of ether oxygens (including phenoxy) is 1. The number of hydrogen-bond acceptors (Lipinski definition) is 5. The molecular weight excluding hydrogens is 445 g/mol. The minimum Gasteiger partial charge on any atom is -0.493 e. The second-order valence-corrected chi connectivity index (χ2v) is 9.40. The Balaban J connectivity index is 1.40. The molecule has 0 aliphatic carbocycles. The van der Waals surface area contributed by atoms with Crippen LogP contribution < -0.4 is 9.64 Å². The lowest BCUT2D eigenvalue weighted by molar-refractivity contribution is -0.139. The number of halogens is 3. The number of amides is 1. The van der Waals surface area contributed by atoms with Gasteiger partial charge in [0.15, 0.2) is 0 Å². The Labute approximate surface area is 198 Å². The Bertz CT molecular complexity index is 1000. The van der Waals surface area contributed by atoms with Crippen molar-refractivity contribution in [2.45, 2.75) is 45.2 Å². The Morgan fingerprint density at radius 2 is 1.94 bits per heavy atom. The highest BCUT2D eigenvalue weighted by molar-refractivity contribution is 5.73. The van der Waals surface area contributed by atoms with Gasteiger partial charge < -0.3 is 14.5 Å². The minimum atomic E-state index is -4.44. The Morgan fingerprint density at radius 1 is 1.15 bits per heavy atom. The van der Waals surface area contributed by atoms with Crippen molar-refractivity contribution in [1.29, 1.82) is 0 Å². The van der Waals surface area contributed by atoms with Crippen LogP contribution in [0.1, 0.15) is 50.3 Å². The summed E-state index contributed by atoms with van der Waals surface area (Å²) in [5.41, 5.74) is 0.192. The predicted octanol–water partition coefficient (Wildman–Crippen LogP) is 4.76. The van der Waals surface area contributed by atoms with Gasteiger partial charge in [0, 0.05) is 51.1 Å². The molecule has 1 amide bonds. The Kier molecular flexibility index (Phi) is 7.28. The lowest BCUT2D eigenvalue weighted by Crippen LogP contribution is -2.41.